The lowest BCUT2D eigenvalue weighted by atomic mass is 10.3. The molecule has 3 aromatic rings. The van der Waals surface area contributed by atoms with Crippen LogP contribution in [-0.4, -0.2) is 32.1 Å². The molecular formula is C15H17ClN4O. The summed E-state index contributed by atoms with van der Waals surface area (Å²) in [6.07, 6.45) is 6.31. The Morgan fingerprint density at radius 3 is 2.90 bits per heavy atom. The molecule has 0 aliphatic rings. The van der Waals surface area contributed by atoms with Gasteiger partial charge in [0.15, 0.2) is 0 Å². The van der Waals surface area contributed by atoms with Crippen LogP contribution in [0.25, 0.3) is 11.0 Å². The van der Waals surface area contributed by atoms with Gasteiger partial charge in [0.05, 0.1) is 19.0 Å². The zero-order valence-corrected chi connectivity index (χ0v) is 12.6. The zero-order chi connectivity index (χ0) is 14.7. The number of alkyl halides is 1. The number of para-hydroxylation sites is 1. The van der Waals surface area contributed by atoms with Gasteiger partial charge in [0.25, 0.3) is 0 Å². The Morgan fingerprint density at radius 1 is 1.29 bits per heavy atom. The first kappa shape index (κ1) is 13.9. The van der Waals surface area contributed by atoms with Crippen LogP contribution in [0.3, 0.4) is 0 Å². The van der Waals surface area contributed by atoms with Gasteiger partial charge in [-0.25, -0.2) is 9.97 Å². The second-order valence-electron chi connectivity index (χ2n) is 4.75. The highest BCUT2D eigenvalue weighted by Crippen LogP contribution is 2.26. The molecule has 110 valence electrons. The summed E-state index contributed by atoms with van der Waals surface area (Å²) in [5.74, 6) is 2.34. The predicted molar refractivity (Wildman–Crippen MR) is 82.9 cm³/mol. The first-order valence-corrected chi connectivity index (χ1v) is 7.40. The molecule has 0 unspecified atom stereocenters. The van der Waals surface area contributed by atoms with E-state index in [0.717, 1.165) is 42.1 Å². The molecule has 0 aliphatic heterocycles. The highest BCUT2D eigenvalue weighted by Gasteiger charge is 2.13. The zero-order valence-electron chi connectivity index (χ0n) is 11.9. The number of fused-ring (bicyclic) bond motifs is 1. The van der Waals surface area contributed by atoms with E-state index in [1.54, 1.807) is 13.3 Å². The Kier molecular flexibility index (Phi) is 4.10. The standard InChI is InChI=1S/C15H17ClN4O/c1-21-13-4-2-3-12-15(13)18-14(5-6-16)20(12)10-9-19-8-7-17-11-19/h2-4,7-8,11H,5-6,9-10H2,1H3. The van der Waals surface area contributed by atoms with Crippen LogP contribution in [0.5, 0.6) is 5.75 Å². The van der Waals surface area contributed by atoms with Crippen LogP contribution in [0.1, 0.15) is 5.82 Å². The number of benzene rings is 1. The molecule has 0 atom stereocenters. The van der Waals surface area contributed by atoms with Crippen molar-refractivity contribution in [1.29, 1.82) is 0 Å². The minimum absolute atomic E-state index is 0.552. The van der Waals surface area contributed by atoms with E-state index in [0.29, 0.717) is 5.88 Å². The third kappa shape index (κ3) is 2.74. The van der Waals surface area contributed by atoms with Gasteiger partial charge in [0.1, 0.15) is 17.1 Å². The third-order valence-electron chi connectivity index (χ3n) is 3.50. The van der Waals surface area contributed by atoms with Gasteiger partial charge in [-0.3, -0.25) is 0 Å². The van der Waals surface area contributed by atoms with E-state index in [4.69, 9.17) is 21.3 Å². The Bertz CT molecular complexity index is 721. The lowest BCUT2D eigenvalue weighted by Gasteiger charge is -2.09. The van der Waals surface area contributed by atoms with Crippen LogP contribution in [0.2, 0.25) is 0 Å². The lowest BCUT2D eigenvalue weighted by Crippen LogP contribution is -2.09. The highest BCUT2D eigenvalue weighted by atomic mass is 35.5. The van der Waals surface area contributed by atoms with Gasteiger partial charge in [-0.1, -0.05) is 6.07 Å². The van der Waals surface area contributed by atoms with Crippen LogP contribution in [0.4, 0.5) is 0 Å². The van der Waals surface area contributed by atoms with E-state index < -0.39 is 0 Å². The monoisotopic (exact) mass is 304 g/mol. The van der Waals surface area contributed by atoms with Crippen molar-refractivity contribution in [2.45, 2.75) is 19.5 Å². The number of imidazole rings is 2. The van der Waals surface area contributed by atoms with Crippen molar-refractivity contribution in [2.24, 2.45) is 0 Å². The minimum atomic E-state index is 0.552. The average molecular weight is 305 g/mol. The van der Waals surface area contributed by atoms with Gasteiger partial charge in [0.2, 0.25) is 0 Å². The summed E-state index contributed by atoms with van der Waals surface area (Å²) >= 11 is 5.91. The smallest absolute Gasteiger partial charge is 0.146 e. The molecule has 6 heteroatoms. The van der Waals surface area contributed by atoms with Crippen LogP contribution >= 0.6 is 11.6 Å². The topological polar surface area (TPSA) is 44.9 Å². The third-order valence-corrected chi connectivity index (χ3v) is 3.69. The molecule has 1 aromatic carbocycles. The maximum absolute atomic E-state index is 5.91. The number of rotatable bonds is 6. The van der Waals surface area contributed by atoms with Gasteiger partial charge < -0.3 is 13.9 Å². The molecule has 0 saturated carbocycles. The SMILES string of the molecule is COc1cccc2c1nc(CCCl)n2CCn1ccnc1. The normalized spacial score (nSPS) is 11.1. The molecule has 0 fully saturated rings. The number of hydrogen-bond donors (Lipinski definition) is 0. The summed E-state index contributed by atoms with van der Waals surface area (Å²) in [4.78, 5) is 8.77. The van der Waals surface area contributed by atoms with Gasteiger partial charge >= 0.3 is 0 Å². The first-order chi connectivity index (χ1) is 10.3. The molecule has 5 nitrogen and oxygen atoms in total. The van der Waals surface area contributed by atoms with Gasteiger partial charge in [-0.15, -0.1) is 11.6 Å². The molecule has 0 radical (unpaired) electrons. The fraction of sp³-hybridized carbons (Fsp3) is 0.333. The van der Waals surface area contributed by atoms with Crippen molar-refractivity contribution < 1.29 is 4.74 Å². The fourth-order valence-corrected chi connectivity index (χ4v) is 2.66. The second kappa shape index (κ2) is 6.18. The minimum Gasteiger partial charge on any atom is -0.494 e. The molecule has 3 rings (SSSR count). The molecule has 0 N–H and O–H groups in total. The van der Waals surface area contributed by atoms with Crippen molar-refractivity contribution >= 4 is 22.6 Å². The number of aromatic nitrogens is 4. The summed E-state index contributed by atoms with van der Waals surface area (Å²) < 4.78 is 9.66. The molecular weight excluding hydrogens is 288 g/mol. The van der Waals surface area contributed by atoms with Crippen LogP contribution < -0.4 is 4.74 Å². The van der Waals surface area contributed by atoms with Gasteiger partial charge in [-0.2, -0.15) is 0 Å². The Balaban J connectivity index is 1.99. The fourth-order valence-electron chi connectivity index (χ4n) is 2.49. The molecule has 0 bridgehead atoms. The Hall–Kier alpha value is -2.01. The average Bonchev–Trinajstić information content (AvgIpc) is 3.12. The molecule has 2 aromatic heterocycles. The number of methoxy groups -OCH3 is 1. The number of ether oxygens (including phenoxy) is 1. The summed E-state index contributed by atoms with van der Waals surface area (Å²) in [5.41, 5.74) is 1.97. The van der Waals surface area contributed by atoms with Crippen molar-refractivity contribution in [3.05, 3.63) is 42.7 Å². The van der Waals surface area contributed by atoms with E-state index >= 15 is 0 Å². The summed E-state index contributed by atoms with van der Waals surface area (Å²) in [6, 6.07) is 5.98. The Labute approximate surface area is 128 Å². The number of nitrogens with zero attached hydrogens (tertiary/aromatic N) is 4. The quantitative estimate of drug-likeness (QED) is 0.658. The van der Waals surface area contributed by atoms with E-state index in [-0.39, 0.29) is 0 Å². The molecule has 0 saturated heterocycles. The van der Waals surface area contributed by atoms with E-state index in [9.17, 15) is 0 Å². The number of halogens is 1. The van der Waals surface area contributed by atoms with Crippen molar-refractivity contribution in [2.75, 3.05) is 13.0 Å². The van der Waals surface area contributed by atoms with Crippen LogP contribution in [-0.2, 0) is 19.5 Å². The predicted octanol–water partition coefficient (Wildman–Crippen LogP) is 2.72. The number of aryl methyl sites for hydroxylation is 3. The molecule has 2 heterocycles. The largest absolute Gasteiger partial charge is 0.494 e. The van der Waals surface area contributed by atoms with Crippen molar-refractivity contribution in [1.82, 2.24) is 19.1 Å². The van der Waals surface area contributed by atoms with Gasteiger partial charge in [-0.05, 0) is 12.1 Å². The van der Waals surface area contributed by atoms with E-state index in [1.165, 1.54) is 0 Å². The highest BCUT2D eigenvalue weighted by molar-refractivity contribution is 6.17. The molecule has 0 amide bonds. The molecule has 21 heavy (non-hydrogen) atoms. The Morgan fingerprint density at radius 2 is 2.19 bits per heavy atom. The molecule has 0 spiro atoms. The maximum atomic E-state index is 5.91. The molecule has 0 aliphatic carbocycles. The van der Waals surface area contributed by atoms with Crippen molar-refractivity contribution in [3.8, 4) is 5.75 Å². The van der Waals surface area contributed by atoms with Crippen molar-refractivity contribution in [3.63, 3.8) is 0 Å². The van der Waals surface area contributed by atoms with Crippen LogP contribution in [0, 0.1) is 0 Å². The summed E-state index contributed by atoms with van der Waals surface area (Å²) in [6.45, 7) is 1.67. The maximum Gasteiger partial charge on any atom is 0.146 e. The van der Waals surface area contributed by atoms with Crippen LogP contribution in [0.15, 0.2) is 36.9 Å². The second-order valence-corrected chi connectivity index (χ2v) is 5.13. The number of hydrogen-bond acceptors (Lipinski definition) is 3. The van der Waals surface area contributed by atoms with E-state index in [2.05, 4.69) is 20.2 Å². The van der Waals surface area contributed by atoms with Gasteiger partial charge in [0, 0.05) is 37.8 Å². The summed E-state index contributed by atoms with van der Waals surface area (Å²) in [5, 5.41) is 0. The summed E-state index contributed by atoms with van der Waals surface area (Å²) in [7, 11) is 1.67. The van der Waals surface area contributed by atoms with E-state index in [1.807, 2.05) is 24.7 Å². The lowest BCUT2D eigenvalue weighted by molar-refractivity contribution is 0.419. The first-order valence-electron chi connectivity index (χ1n) is 6.87.